The second-order valence-corrected chi connectivity index (χ2v) is 6.01. The number of rotatable bonds is 3. The molecule has 2 heterocycles. The molecule has 2 fully saturated rings. The fourth-order valence-electron chi connectivity index (χ4n) is 3.69. The Kier molecular flexibility index (Phi) is 5.12. The summed E-state index contributed by atoms with van der Waals surface area (Å²) in [5.41, 5.74) is 7.72. The number of halogens is 1. The van der Waals surface area contributed by atoms with Gasteiger partial charge in [0.25, 0.3) is 0 Å². The first kappa shape index (κ1) is 16.1. The summed E-state index contributed by atoms with van der Waals surface area (Å²) in [4.78, 5) is 14.5. The van der Waals surface area contributed by atoms with Gasteiger partial charge in [-0.2, -0.15) is 0 Å². The van der Waals surface area contributed by atoms with Gasteiger partial charge in [-0.15, -0.1) is 12.4 Å². The smallest absolute Gasteiger partial charge is 0.223 e. The number of aliphatic hydroxyl groups is 1. The average molecular weight is 311 g/mol. The number of hydrogen-bond donors (Lipinski definition) is 2. The first-order valence-corrected chi connectivity index (χ1v) is 7.47. The lowest BCUT2D eigenvalue weighted by Crippen LogP contribution is -2.48. The molecule has 1 amide bonds. The van der Waals surface area contributed by atoms with Crippen LogP contribution in [0.2, 0.25) is 0 Å². The predicted molar refractivity (Wildman–Crippen MR) is 85.3 cm³/mol. The van der Waals surface area contributed by atoms with Crippen LogP contribution in [0, 0.1) is 0 Å². The molecule has 0 radical (unpaired) electrons. The fraction of sp³-hybridized carbons (Fsp3) is 0.562. The van der Waals surface area contributed by atoms with E-state index in [-0.39, 0.29) is 36.5 Å². The number of hydrogen-bond acceptors (Lipinski definition) is 3. The maximum atomic E-state index is 12.5. The molecule has 2 bridgehead atoms. The van der Waals surface area contributed by atoms with E-state index in [2.05, 4.69) is 0 Å². The van der Waals surface area contributed by atoms with Crippen molar-refractivity contribution in [2.24, 2.45) is 0 Å². The maximum Gasteiger partial charge on any atom is 0.223 e. The zero-order valence-electron chi connectivity index (χ0n) is 12.1. The van der Waals surface area contributed by atoms with Gasteiger partial charge in [-0.25, -0.2) is 0 Å². The van der Waals surface area contributed by atoms with Gasteiger partial charge in [-0.3, -0.25) is 4.79 Å². The van der Waals surface area contributed by atoms with E-state index >= 15 is 0 Å². The van der Waals surface area contributed by atoms with Crippen LogP contribution in [-0.4, -0.2) is 34.1 Å². The molecule has 2 aliphatic rings. The third kappa shape index (κ3) is 3.33. The van der Waals surface area contributed by atoms with Crippen LogP contribution in [0.15, 0.2) is 24.3 Å². The van der Waals surface area contributed by atoms with Crippen LogP contribution < -0.4 is 5.73 Å². The summed E-state index contributed by atoms with van der Waals surface area (Å²) in [5, 5.41) is 9.78. The quantitative estimate of drug-likeness (QED) is 0.841. The number of aliphatic hydroxyl groups excluding tert-OH is 1. The standard InChI is InChI=1S/C16H22N2O2.ClH/c17-15-4-2-1-3-11(15)5-8-16(20)18-12-6-7-13(18)10-14(19)9-12;/h1-4,12-14,19H,5-10,17H2;1H. The molecule has 116 valence electrons. The van der Waals surface area contributed by atoms with Gasteiger partial charge in [0.05, 0.1) is 6.10 Å². The van der Waals surface area contributed by atoms with Crippen LogP contribution in [0.5, 0.6) is 0 Å². The van der Waals surface area contributed by atoms with Crippen molar-refractivity contribution >= 4 is 24.0 Å². The molecular weight excluding hydrogens is 288 g/mol. The van der Waals surface area contributed by atoms with E-state index in [1.807, 2.05) is 29.2 Å². The number of aryl methyl sites for hydroxylation is 1. The summed E-state index contributed by atoms with van der Waals surface area (Å²) in [7, 11) is 0. The summed E-state index contributed by atoms with van der Waals surface area (Å²) in [5.74, 6) is 0.215. The highest BCUT2D eigenvalue weighted by atomic mass is 35.5. The number of para-hydroxylation sites is 1. The Bertz CT molecular complexity index is 495. The van der Waals surface area contributed by atoms with Gasteiger partial charge in [0.2, 0.25) is 5.91 Å². The van der Waals surface area contributed by atoms with Crippen molar-refractivity contribution in [1.29, 1.82) is 0 Å². The van der Waals surface area contributed by atoms with Gasteiger partial charge in [-0.05, 0) is 43.7 Å². The number of piperidine rings is 1. The second-order valence-electron chi connectivity index (χ2n) is 6.01. The zero-order chi connectivity index (χ0) is 14.1. The monoisotopic (exact) mass is 310 g/mol. The molecule has 0 spiro atoms. The van der Waals surface area contributed by atoms with Crippen LogP contribution in [0.25, 0.3) is 0 Å². The molecule has 21 heavy (non-hydrogen) atoms. The number of anilines is 1. The lowest BCUT2D eigenvalue weighted by Gasteiger charge is -2.37. The van der Waals surface area contributed by atoms with E-state index in [9.17, 15) is 9.90 Å². The van der Waals surface area contributed by atoms with Crippen LogP contribution in [-0.2, 0) is 11.2 Å². The van der Waals surface area contributed by atoms with Crippen LogP contribution >= 0.6 is 12.4 Å². The zero-order valence-corrected chi connectivity index (χ0v) is 12.9. The minimum Gasteiger partial charge on any atom is -0.399 e. The van der Waals surface area contributed by atoms with E-state index in [0.29, 0.717) is 12.8 Å². The molecule has 3 rings (SSSR count). The number of nitrogens with zero attached hydrogens (tertiary/aromatic N) is 1. The molecule has 1 aromatic rings. The first-order chi connectivity index (χ1) is 9.65. The van der Waals surface area contributed by atoms with E-state index in [1.54, 1.807) is 0 Å². The second kappa shape index (κ2) is 6.67. The molecule has 2 aliphatic heterocycles. The SMILES string of the molecule is Cl.Nc1ccccc1CCC(=O)N1C2CCC1CC(O)C2. The Morgan fingerprint density at radius 3 is 2.48 bits per heavy atom. The van der Waals surface area contributed by atoms with Crippen LogP contribution in [0.3, 0.4) is 0 Å². The highest BCUT2D eigenvalue weighted by molar-refractivity contribution is 5.85. The molecule has 1 aromatic carbocycles. The highest BCUT2D eigenvalue weighted by Gasteiger charge is 2.42. The van der Waals surface area contributed by atoms with Crippen molar-refractivity contribution in [2.75, 3.05) is 5.73 Å². The van der Waals surface area contributed by atoms with E-state index in [1.165, 1.54) is 0 Å². The van der Waals surface area contributed by atoms with E-state index in [0.717, 1.165) is 36.9 Å². The number of nitrogens with two attached hydrogens (primary N) is 1. The average Bonchev–Trinajstić information content (AvgIpc) is 2.70. The minimum absolute atomic E-state index is 0. The van der Waals surface area contributed by atoms with E-state index < -0.39 is 0 Å². The number of amides is 1. The molecule has 4 nitrogen and oxygen atoms in total. The van der Waals surface area contributed by atoms with Crippen molar-refractivity contribution in [3.63, 3.8) is 0 Å². The first-order valence-electron chi connectivity index (χ1n) is 7.47. The molecule has 0 aromatic heterocycles. The van der Waals surface area contributed by atoms with Gasteiger partial charge < -0.3 is 15.7 Å². The minimum atomic E-state index is -0.221. The Balaban J connectivity index is 0.00000161. The van der Waals surface area contributed by atoms with Gasteiger partial charge in [-0.1, -0.05) is 18.2 Å². The Labute approximate surface area is 131 Å². The third-order valence-electron chi connectivity index (χ3n) is 4.66. The summed E-state index contributed by atoms with van der Waals surface area (Å²) < 4.78 is 0. The number of carbonyl (C=O) groups excluding carboxylic acids is 1. The highest BCUT2D eigenvalue weighted by Crippen LogP contribution is 2.36. The van der Waals surface area contributed by atoms with Gasteiger partial charge in [0, 0.05) is 24.2 Å². The third-order valence-corrected chi connectivity index (χ3v) is 4.66. The summed E-state index contributed by atoms with van der Waals surface area (Å²) >= 11 is 0. The lowest BCUT2D eigenvalue weighted by molar-refractivity contribution is -0.137. The maximum absolute atomic E-state index is 12.5. The molecule has 2 atom stereocenters. The Morgan fingerprint density at radius 1 is 1.24 bits per heavy atom. The normalized spacial score (nSPS) is 27.3. The fourth-order valence-corrected chi connectivity index (χ4v) is 3.69. The predicted octanol–water partition coefficient (Wildman–Crippen LogP) is 2.14. The van der Waals surface area contributed by atoms with Gasteiger partial charge in [0.1, 0.15) is 0 Å². The Morgan fingerprint density at radius 2 is 1.86 bits per heavy atom. The topological polar surface area (TPSA) is 66.6 Å². The lowest BCUT2D eigenvalue weighted by atomic mass is 9.98. The molecule has 3 N–H and O–H groups in total. The number of nitrogen functional groups attached to an aromatic ring is 1. The summed E-state index contributed by atoms with van der Waals surface area (Å²) in [6.07, 6.45) is 4.57. The number of carbonyl (C=O) groups is 1. The molecular formula is C16H23ClN2O2. The van der Waals surface area contributed by atoms with E-state index in [4.69, 9.17) is 5.73 Å². The Hall–Kier alpha value is -1.26. The summed E-state index contributed by atoms with van der Waals surface area (Å²) in [6, 6.07) is 8.23. The molecule has 2 unspecified atom stereocenters. The van der Waals surface area contributed by atoms with Crippen molar-refractivity contribution in [2.45, 2.75) is 56.7 Å². The van der Waals surface area contributed by atoms with Crippen LogP contribution in [0.4, 0.5) is 5.69 Å². The van der Waals surface area contributed by atoms with Crippen molar-refractivity contribution < 1.29 is 9.90 Å². The number of benzene rings is 1. The van der Waals surface area contributed by atoms with Gasteiger partial charge in [0.15, 0.2) is 0 Å². The molecule has 5 heteroatoms. The molecule has 0 aliphatic carbocycles. The van der Waals surface area contributed by atoms with Crippen LogP contribution in [0.1, 0.15) is 37.7 Å². The van der Waals surface area contributed by atoms with Crippen molar-refractivity contribution in [3.05, 3.63) is 29.8 Å². The van der Waals surface area contributed by atoms with Gasteiger partial charge >= 0.3 is 0 Å². The summed E-state index contributed by atoms with van der Waals surface area (Å²) in [6.45, 7) is 0. The van der Waals surface area contributed by atoms with Crippen molar-refractivity contribution in [1.82, 2.24) is 4.90 Å². The largest absolute Gasteiger partial charge is 0.399 e. The number of fused-ring (bicyclic) bond motifs is 2. The van der Waals surface area contributed by atoms with Crippen molar-refractivity contribution in [3.8, 4) is 0 Å². The molecule has 0 saturated carbocycles. The molecule has 2 saturated heterocycles.